The third kappa shape index (κ3) is 3.10. The van der Waals surface area contributed by atoms with Crippen LogP contribution in [0.2, 0.25) is 0 Å². The lowest BCUT2D eigenvalue weighted by Gasteiger charge is -2.12. The van der Waals surface area contributed by atoms with Gasteiger partial charge in [-0.2, -0.15) is 0 Å². The molecule has 0 saturated heterocycles. The number of furan rings is 1. The molecule has 94 valence electrons. The molecule has 2 aromatic heterocycles. The maximum Gasteiger partial charge on any atom is 0.252 e. The highest BCUT2D eigenvalue weighted by Gasteiger charge is 2.11. The average Bonchev–Trinajstić information content (AvgIpc) is 2.82. The molecule has 0 aliphatic carbocycles. The van der Waals surface area contributed by atoms with E-state index in [1.807, 2.05) is 19.1 Å². The number of hydrogen-bond donors (Lipinski definition) is 2. The van der Waals surface area contributed by atoms with Crippen LogP contribution in [-0.4, -0.2) is 16.9 Å². The normalized spacial score (nSPS) is 12.1. The Morgan fingerprint density at radius 1 is 1.44 bits per heavy atom. The zero-order chi connectivity index (χ0) is 13.0. The number of pyridine rings is 1. The van der Waals surface area contributed by atoms with Gasteiger partial charge in [-0.1, -0.05) is 0 Å². The first-order chi connectivity index (χ1) is 8.65. The van der Waals surface area contributed by atoms with Gasteiger partial charge in [-0.15, -0.1) is 0 Å². The van der Waals surface area contributed by atoms with E-state index in [2.05, 4.69) is 10.3 Å². The van der Waals surface area contributed by atoms with Crippen molar-refractivity contribution in [2.45, 2.75) is 19.4 Å². The predicted octanol–water partition coefficient (Wildman–Crippen LogP) is 1.33. The topological polar surface area (TPSA) is 75.1 Å². The van der Waals surface area contributed by atoms with Crippen LogP contribution < -0.4 is 10.9 Å². The molecule has 18 heavy (non-hydrogen) atoms. The van der Waals surface area contributed by atoms with Gasteiger partial charge in [-0.25, -0.2) is 0 Å². The highest BCUT2D eigenvalue weighted by Crippen LogP contribution is 2.04. The van der Waals surface area contributed by atoms with Crippen LogP contribution >= 0.6 is 0 Å². The minimum Gasteiger partial charge on any atom is -0.469 e. The molecule has 1 atom stereocenters. The molecule has 5 heteroatoms. The molecular weight excluding hydrogens is 232 g/mol. The summed E-state index contributed by atoms with van der Waals surface area (Å²) in [5, 5.41) is 2.83. The first-order valence-corrected chi connectivity index (χ1v) is 5.67. The molecule has 0 bridgehead atoms. The summed E-state index contributed by atoms with van der Waals surface area (Å²) in [6.07, 6.45) is 3.63. The van der Waals surface area contributed by atoms with Crippen molar-refractivity contribution >= 4 is 5.91 Å². The molecule has 0 fully saturated rings. The Morgan fingerprint density at radius 3 is 2.89 bits per heavy atom. The number of nitrogens with one attached hydrogen (secondary N) is 2. The molecule has 0 aliphatic rings. The number of aromatic nitrogens is 1. The van der Waals surface area contributed by atoms with E-state index in [0.717, 1.165) is 5.76 Å². The van der Waals surface area contributed by atoms with E-state index in [9.17, 15) is 9.59 Å². The largest absolute Gasteiger partial charge is 0.469 e. The minimum absolute atomic E-state index is 0.0458. The van der Waals surface area contributed by atoms with Crippen molar-refractivity contribution in [2.24, 2.45) is 0 Å². The molecule has 0 aliphatic heterocycles. The Kier molecular flexibility index (Phi) is 3.62. The van der Waals surface area contributed by atoms with Crippen molar-refractivity contribution in [3.63, 3.8) is 0 Å². The van der Waals surface area contributed by atoms with Gasteiger partial charge >= 0.3 is 0 Å². The lowest BCUT2D eigenvalue weighted by atomic mass is 10.2. The van der Waals surface area contributed by atoms with Crippen LogP contribution in [0.3, 0.4) is 0 Å². The highest BCUT2D eigenvalue weighted by atomic mass is 16.3. The van der Waals surface area contributed by atoms with Crippen LogP contribution in [0.1, 0.15) is 23.0 Å². The molecule has 2 heterocycles. The van der Waals surface area contributed by atoms with E-state index < -0.39 is 0 Å². The van der Waals surface area contributed by atoms with Crippen molar-refractivity contribution in [1.29, 1.82) is 0 Å². The molecule has 0 radical (unpaired) electrons. The maximum absolute atomic E-state index is 11.8. The van der Waals surface area contributed by atoms with Crippen LogP contribution in [0.4, 0.5) is 0 Å². The van der Waals surface area contributed by atoms with Gasteiger partial charge < -0.3 is 14.7 Å². The Labute approximate surface area is 104 Å². The number of rotatable bonds is 4. The van der Waals surface area contributed by atoms with Gasteiger partial charge in [0.05, 0.1) is 11.8 Å². The third-order valence-corrected chi connectivity index (χ3v) is 2.51. The Morgan fingerprint density at radius 2 is 2.28 bits per heavy atom. The molecule has 2 N–H and O–H groups in total. The number of carbonyl (C=O) groups excluding carboxylic acids is 1. The Balaban J connectivity index is 1.94. The van der Waals surface area contributed by atoms with Crippen molar-refractivity contribution in [3.8, 4) is 0 Å². The van der Waals surface area contributed by atoms with Gasteiger partial charge in [0.15, 0.2) is 0 Å². The summed E-state index contributed by atoms with van der Waals surface area (Å²) in [7, 11) is 0. The Hall–Kier alpha value is -2.30. The Bertz CT molecular complexity index is 552. The summed E-state index contributed by atoms with van der Waals surface area (Å²) >= 11 is 0. The van der Waals surface area contributed by atoms with E-state index >= 15 is 0 Å². The number of H-pyrrole nitrogens is 1. The van der Waals surface area contributed by atoms with Gasteiger partial charge in [0, 0.05) is 24.7 Å². The van der Waals surface area contributed by atoms with E-state index in [-0.39, 0.29) is 17.5 Å². The zero-order valence-corrected chi connectivity index (χ0v) is 9.97. The van der Waals surface area contributed by atoms with Crippen LogP contribution in [0.25, 0.3) is 0 Å². The fraction of sp³-hybridized carbons (Fsp3) is 0.231. The zero-order valence-electron chi connectivity index (χ0n) is 9.97. The second-order valence-corrected chi connectivity index (χ2v) is 4.10. The fourth-order valence-electron chi connectivity index (χ4n) is 1.64. The molecule has 2 rings (SSSR count). The van der Waals surface area contributed by atoms with Crippen molar-refractivity contribution in [2.75, 3.05) is 0 Å². The summed E-state index contributed by atoms with van der Waals surface area (Å²) in [5.74, 6) is 0.606. The fourth-order valence-corrected chi connectivity index (χ4v) is 1.64. The number of carbonyl (C=O) groups is 1. The van der Waals surface area contributed by atoms with Crippen molar-refractivity contribution < 1.29 is 9.21 Å². The molecule has 0 saturated carbocycles. The predicted molar refractivity (Wildman–Crippen MR) is 66.4 cm³/mol. The molecule has 2 aromatic rings. The van der Waals surface area contributed by atoms with E-state index in [1.165, 1.54) is 18.3 Å². The van der Waals surface area contributed by atoms with Crippen LogP contribution in [0.15, 0.2) is 45.9 Å². The minimum atomic E-state index is -0.227. The highest BCUT2D eigenvalue weighted by molar-refractivity contribution is 5.93. The monoisotopic (exact) mass is 246 g/mol. The van der Waals surface area contributed by atoms with Gasteiger partial charge in [0.25, 0.3) is 5.91 Å². The summed E-state index contributed by atoms with van der Waals surface area (Å²) in [4.78, 5) is 25.2. The number of amides is 1. The molecule has 0 aromatic carbocycles. The first kappa shape index (κ1) is 12.2. The van der Waals surface area contributed by atoms with Gasteiger partial charge in [0.1, 0.15) is 5.76 Å². The lowest BCUT2D eigenvalue weighted by Crippen LogP contribution is -2.34. The van der Waals surface area contributed by atoms with E-state index in [0.29, 0.717) is 12.0 Å². The maximum atomic E-state index is 11.8. The summed E-state index contributed by atoms with van der Waals surface area (Å²) in [6, 6.07) is 6.45. The summed E-state index contributed by atoms with van der Waals surface area (Å²) in [5.41, 5.74) is 0.205. The van der Waals surface area contributed by atoms with Crippen molar-refractivity contribution in [3.05, 3.63) is 58.4 Å². The lowest BCUT2D eigenvalue weighted by molar-refractivity contribution is 0.0939. The second-order valence-electron chi connectivity index (χ2n) is 4.10. The first-order valence-electron chi connectivity index (χ1n) is 5.67. The number of aromatic amines is 1. The standard InChI is InChI=1S/C13H14N2O3/c1-9(7-11-3-2-6-18-11)15-13(17)10-4-5-12(16)14-8-10/h2-6,8-9H,7H2,1H3,(H,14,16)(H,15,17)/t9-/m0/s1. The SMILES string of the molecule is C[C@@H](Cc1ccco1)NC(=O)c1ccc(=O)[nH]c1. The molecule has 5 nitrogen and oxygen atoms in total. The summed E-state index contributed by atoms with van der Waals surface area (Å²) in [6.45, 7) is 1.89. The quantitative estimate of drug-likeness (QED) is 0.854. The molecule has 1 amide bonds. The van der Waals surface area contributed by atoms with Crippen molar-refractivity contribution in [1.82, 2.24) is 10.3 Å². The molecule has 0 unspecified atom stereocenters. The molecular formula is C13H14N2O3. The van der Waals surface area contributed by atoms with E-state index in [4.69, 9.17) is 4.42 Å². The van der Waals surface area contributed by atoms with Crippen LogP contribution in [-0.2, 0) is 6.42 Å². The third-order valence-electron chi connectivity index (χ3n) is 2.51. The van der Waals surface area contributed by atoms with Gasteiger partial charge in [-0.3, -0.25) is 9.59 Å². The number of hydrogen-bond acceptors (Lipinski definition) is 3. The summed E-state index contributed by atoms with van der Waals surface area (Å²) < 4.78 is 5.21. The van der Waals surface area contributed by atoms with Crippen LogP contribution in [0, 0.1) is 0 Å². The molecule has 0 spiro atoms. The smallest absolute Gasteiger partial charge is 0.252 e. The van der Waals surface area contributed by atoms with Gasteiger partial charge in [0.2, 0.25) is 5.56 Å². The second kappa shape index (κ2) is 5.35. The van der Waals surface area contributed by atoms with Gasteiger partial charge in [-0.05, 0) is 25.1 Å². The van der Waals surface area contributed by atoms with Crippen LogP contribution in [0.5, 0.6) is 0 Å². The van der Waals surface area contributed by atoms with E-state index in [1.54, 1.807) is 6.26 Å². The average molecular weight is 246 g/mol.